The lowest BCUT2D eigenvalue weighted by Gasteiger charge is -2.34. The van der Waals surface area contributed by atoms with E-state index in [4.69, 9.17) is 0 Å². The second-order valence-electron chi connectivity index (χ2n) is 6.02. The van der Waals surface area contributed by atoms with E-state index in [9.17, 15) is 14.7 Å². The van der Waals surface area contributed by atoms with Crippen LogP contribution in [-0.2, 0) is 9.59 Å². The Kier molecular flexibility index (Phi) is 4.15. The maximum atomic E-state index is 12.6. The lowest BCUT2D eigenvalue weighted by molar-refractivity contribution is -0.116. The van der Waals surface area contributed by atoms with Crippen molar-refractivity contribution in [3.63, 3.8) is 0 Å². The molecule has 0 fully saturated rings. The quantitative estimate of drug-likeness (QED) is 0.826. The molecule has 1 heterocycles. The number of phenolic OH excluding ortho intramolecular Hbond substituents is 1. The number of aromatic hydroxyl groups is 1. The monoisotopic (exact) mass is 375 g/mol. The molecule has 120 valence electrons. The topological polar surface area (TPSA) is 66.4 Å². The van der Waals surface area contributed by atoms with E-state index in [2.05, 4.69) is 21.2 Å². The predicted octanol–water partition coefficient (Wildman–Crippen LogP) is 3.71. The molecular formula is C18H18BrNO3. The molecule has 0 spiro atoms. The van der Waals surface area contributed by atoms with Gasteiger partial charge in [-0.2, -0.15) is 0 Å². The van der Waals surface area contributed by atoms with Gasteiger partial charge in [0.15, 0.2) is 11.6 Å². The summed E-state index contributed by atoms with van der Waals surface area (Å²) in [4.78, 5) is 24.8. The highest BCUT2D eigenvalue weighted by molar-refractivity contribution is 9.10. The SMILES string of the molecule is CC(=O)C1=C(C)NC2=C(C(=O)CCC2)C1c1cc(Br)ccc1O. The molecule has 4 nitrogen and oxygen atoms in total. The first-order valence-electron chi connectivity index (χ1n) is 7.63. The van der Waals surface area contributed by atoms with Gasteiger partial charge in [0, 0.05) is 44.9 Å². The molecule has 2 aliphatic rings. The summed E-state index contributed by atoms with van der Waals surface area (Å²) < 4.78 is 0.801. The Hall–Kier alpha value is -1.88. The van der Waals surface area contributed by atoms with Crippen molar-refractivity contribution in [2.45, 2.75) is 39.0 Å². The van der Waals surface area contributed by atoms with E-state index in [-0.39, 0.29) is 17.3 Å². The van der Waals surface area contributed by atoms with E-state index < -0.39 is 5.92 Å². The van der Waals surface area contributed by atoms with Crippen molar-refractivity contribution in [1.82, 2.24) is 5.32 Å². The second-order valence-corrected chi connectivity index (χ2v) is 6.94. The van der Waals surface area contributed by atoms with Gasteiger partial charge < -0.3 is 10.4 Å². The van der Waals surface area contributed by atoms with Gasteiger partial charge in [-0.05, 0) is 44.9 Å². The van der Waals surface area contributed by atoms with E-state index in [0.29, 0.717) is 23.1 Å². The van der Waals surface area contributed by atoms with Gasteiger partial charge in [0.1, 0.15) is 5.75 Å². The smallest absolute Gasteiger partial charge is 0.161 e. The molecule has 23 heavy (non-hydrogen) atoms. The molecule has 1 atom stereocenters. The van der Waals surface area contributed by atoms with Crippen molar-refractivity contribution >= 4 is 27.5 Å². The Bertz CT molecular complexity index is 776. The van der Waals surface area contributed by atoms with Crippen LogP contribution in [0, 0.1) is 0 Å². The van der Waals surface area contributed by atoms with Crippen LogP contribution >= 0.6 is 15.9 Å². The molecule has 3 rings (SSSR count). The molecule has 5 heteroatoms. The van der Waals surface area contributed by atoms with Crippen LogP contribution in [0.3, 0.4) is 0 Å². The van der Waals surface area contributed by atoms with Gasteiger partial charge >= 0.3 is 0 Å². The minimum Gasteiger partial charge on any atom is -0.508 e. The molecule has 0 amide bonds. The third kappa shape index (κ3) is 2.74. The number of Topliss-reactive ketones (excluding diaryl/α,β-unsaturated/α-hetero) is 2. The highest BCUT2D eigenvalue weighted by Gasteiger charge is 2.38. The molecule has 1 aromatic rings. The Morgan fingerprint density at radius 3 is 2.78 bits per heavy atom. The second kappa shape index (κ2) is 5.96. The van der Waals surface area contributed by atoms with Gasteiger partial charge in [0.25, 0.3) is 0 Å². The van der Waals surface area contributed by atoms with E-state index >= 15 is 0 Å². The molecule has 0 radical (unpaired) electrons. The zero-order valence-corrected chi connectivity index (χ0v) is 14.7. The number of nitrogens with one attached hydrogen (secondary N) is 1. The van der Waals surface area contributed by atoms with Gasteiger partial charge in [-0.1, -0.05) is 15.9 Å². The van der Waals surface area contributed by atoms with E-state index in [0.717, 1.165) is 28.7 Å². The first-order chi connectivity index (χ1) is 10.9. The van der Waals surface area contributed by atoms with Crippen LogP contribution in [0.25, 0.3) is 0 Å². The van der Waals surface area contributed by atoms with Gasteiger partial charge in [-0.3, -0.25) is 9.59 Å². The number of allylic oxidation sites excluding steroid dienone is 4. The minimum absolute atomic E-state index is 0.0503. The summed E-state index contributed by atoms with van der Waals surface area (Å²) in [5.41, 5.74) is 3.41. The summed E-state index contributed by atoms with van der Waals surface area (Å²) in [7, 11) is 0. The number of benzene rings is 1. The summed E-state index contributed by atoms with van der Waals surface area (Å²) >= 11 is 3.41. The molecule has 0 bridgehead atoms. The van der Waals surface area contributed by atoms with Crippen molar-refractivity contribution in [2.24, 2.45) is 0 Å². The molecule has 2 N–H and O–H groups in total. The lowest BCUT2D eigenvalue weighted by Crippen LogP contribution is -2.33. The number of halogens is 1. The molecule has 0 saturated heterocycles. The van der Waals surface area contributed by atoms with Gasteiger partial charge in [0.2, 0.25) is 0 Å². The number of dihydropyridines is 1. The van der Waals surface area contributed by atoms with Crippen molar-refractivity contribution < 1.29 is 14.7 Å². The largest absolute Gasteiger partial charge is 0.508 e. The van der Waals surface area contributed by atoms with E-state index in [1.807, 2.05) is 6.92 Å². The molecule has 1 aromatic carbocycles. The summed E-state index contributed by atoms with van der Waals surface area (Å²) in [5.74, 6) is -0.454. The number of phenols is 1. The van der Waals surface area contributed by atoms with Crippen molar-refractivity contribution in [1.29, 1.82) is 0 Å². The third-order valence-electron chi connectivity index (χ3n) is 4.46. The highest BCUT2D eigenvalue weighted by Crippen LogP contribution is 2.45. The van der Waals surface area contributed by atoms with Crippen LogP contribution < -0.4 is 5.32 Å². The maximum Gasteiger partial charge on any atom is 0.161 e. The van der Waals surface area contributed by atoms with E-state index in [1.54, 1.807) is 18.2 Å². The van der Waals surface area contributed by atoms with Crippen LogP contribution in [0.5, 0.6) is 5.75 Å². The molecular weight excluding hydrogens is 358 g/mol. The van der Waals surface area contributed by atoms with Gasteiger partial charge in [-0.15, -0.1) is 0 Å². The van der Waals surface area contributed by atoms with Crippen molar-refractivity contribution in [2.75, 3.05) is 0 Å². The molecule has 0 saturated carbocycles. The average Bonchev–Trinajstić information content (AvgIpc) is 2.48. The zero-order chi connectivity index (χ0) is 16.7. The number of ketones is 2. The fraction of sp³-hybridized carbons (Fsp3) is 0.333. The third-order valence-corrected chi connectivity index (χ3v) is 4.95. The maximum absolute atomic E-state index is 12.6. The van der Waals surface area contributed by atoms with Gasteiger partial charge in [-0.25, -0.2) is 0 Å². The first-order valence-corrected chi connectivity index (χ1v) is 8.43. The number of hydrogen-bond acceptors (Lipinski definition) is 4. The average molecular weight is 376 g/mol. The fourth-order valence-corrected chi connectivity index (χ4v) is 3.90. The standard InChI is InChI=1S/C18H18BrNO3/c1-9-16(10(2)21)17(12-8-11(19)6-7-14(12)22)18-13(20-9)4-3-5-15(18)23/h6-8,17,20,22H,3-5H2,1-2H3. The Balaban J connectivity index is 2.27. The Morgan fingerprint density at radius 1 is 1.35 bits per heavy atom. The predicted molar refractivity (Wildman–Crippen MR) is 90.9 cm³/mol. The van der Waals surface area contributed by atoms with Gasteiger partial charge in [0.05, 0.1) is 0 Å². The summed E-state index contributed by atoms with van der Waals surface area (Å²) in [5, 5.41) is 13.6. The molecule has 1 aliphatic heterocycles. The lowest BCUT2D eigenvalue weighted by atomic mass is 9.74. The summed E-state index contributed by atoms with van der Waals surface area (Å²) in [6, 6.07) is 5.11. The van der Waals surface area contributed by atoms with E-state index in [1.165, 1.54) is 6.92 Å². The van der Waals surface area contributed by atoms with Crippen LogP contribution in [0.1, 0.15) is 44.6 Å². The fourth-order valence-electron chi connectivity index (χ4n) is 3.52. The summed E-state index contributed by atoms with van der Waals surface area (Å²) in [6.07, 6.45) is 2.08. The molecule has 0 aromatic heterocycles. The van der Waals surface area contributed by atoms with Crippen LogP contribution in [0.2, 0.25) is 0 Å². The van der Waals surface area contributed by atoms with Crippen molar-refractivity contribution in [3.8, 4) is 5.75 Å². The molecule has 1 aliphatic carbocycles. The number of carbonyl (C=O) groups excluding carboxylic acids is 2. The van der Waals surface area contributed by atoms with Crippen LogP contribution in [0.15, 0.2) is 45.2 Å². The number of carbonyl (C=O) groups is 2. The van der Waals surface area contributed by atoms with Crippen LogP contribution in [0.4, 0.5) is 0 Å². The first kappa shape index (κ1) is 16.0. The number of hydrogen-bond donors (Lipinski definition) is 2. The number of rotatable bonds is 2. The Morgan fingerprint density at radius 2 is 2.09 bits per heavy atom. The summed E-state index contributed by atoms with van der Waals surface area (Å²) in [6.45, 7) is 3.35. The zero-order valence-electron chi connectivity index (χ0n) is 13.1. The molecule has 1 unspecified atom stereocenters. The Labute approximate surface area is 143 Å². The normalized spacial score (nSPS) is 21.2. The highest BCUT2D eigenvalue weighted by atomic mass is 79.9. The van der Waals surface area contributed by atoms with Crippen LogP contribution in [-0.4, -0.2) is 16.7 Å². The van der Waals surface area contributed by atoms with Crippen molar-refractivity contribution in [3.05, 3.63) is 50.8 Å². The minimum atomic E-state index is -0.506.